The van der Waals surface area contributed by atoms with Gasteiger partial charge < -0.3 is 19.4 Å². The minimum Gasteiger partial charge on any atom is -0.504 e. The number of benzene rings is 1. The number of ether oxygens (including phenoxy) is 1. The molecule has 1 aromatic rings. The summed E-state index contributed by atoms with van der Waals surface area (Å²) in [6, 6.07) is 1.77. The molecule has 25 heavy (non-hydrogen) atoms. The number of carbonyl (C=O) groups excluding carboxylic acids is 1. The van der Waals surface area contributed by atoms with Crippen LogP contribution in [0.2, 0.25) is 0 Å². The van der Waals surface area contributed by atoms with Crippen LogP contribution in [-0.2, 0) is 16.6 Å². The van der Waals surface area contributed by atoms with Gasteiger partial charge in [0.1, 0.15) is 17.4 Å². The van der Waals surface area contributed by atoms with E-state index >= 15 is 0 Å². The molecule has 2 N–H and O–H groups in total. The topological polar surface area (TPSA) is 70.1 Å². The minimum absolute atomic E-state index is 0.0118. The molecule has 0 radical (unpaired) electrons. The molecule has 2 fully saturated rings. The Morgan fingerprint density at radius 3 is 3.00 bits per heavy atom. The summed E-state index contributed by atoms with van der Waals surface area (Å²) in [5, 5.41) is 22.2. The Morgan fingerprint density at radius 1 is 1.44 bits per heavy atom. The van der Waals surface area contributed by atoms with Gasteiger partial charge in [0.25, 0.3) is 0 Å². The molecule has 5 nitrogen and oxygen atoms in total. The molecule has 5 heteroatoms. The molecule has 1 aromatic carbocycles. The van der Waals surface area contributed by atoms with Crippen molar-refractivity contribution >= 4 is 5.78 Å². The number of quaternary nitrogens is 1. The third-order valence-electron chi connectivity index (χ3n) is 7.41. The van der Waals surface area contributed by atoms with Crippen LogP contribution in [0, 0.1) is 0 Å². The van der Waals surface area contributed by atoms with Crippen LogP contribution in [0.1, 0.15) is 36.8 Å². The molecule has 132 valence electrons. The number of phenolic OH excluding ortho intramolecular Hbond substituents is 1. The summed E-state index contributed by atoms with van der Waals surface area (Å²) in [7, 11) is 2.19. The van der Waals surface area contributed by atoms with Crippen molar-refractivity contribution in [2.45, 2.75) is 49.2 Å². The molecular formula is C20H24NO4+. The maximum atomic E-state index is 12.4. The number of aliphatic hydroxyl groups is 1. The number of nitrogens with zero attached hydrogens (tertiary/aromatic N) is 1. The number of fused-ring (bicyclic) bond motifs is 3. The smallest absolute Gasteiger partial charge is 0.211 e. The lowest BCUT2D eigenvalue weighted by molar-refractivity contribution is -0.943. The van der Waals surface area contributed by atoms with Crippen molar-refractivity contribution in [3.8, 4) is 17.2 Å². The Balaban J connectivity index is 1.77. The highest BCUT2D eigenvalue weighted by Gasteiger charge is 2.70. The zero-order chi connectivity index (χ0) is 17.6. The van der Waals surface area contributed by atoms with Gasteiger partial charge >= 0.3 is 0 Å². The van der Waals surface area contributed by atoms with Gasteiger partial charge in [-0.15, -0.1) is 0 Å². The van der Waals surface area contributed by atoms with E-state index in [-0.39, 0.29) is 17.6 Å². The van der Waals surface area contributed by atoms with E-state index in [1.807, 2.05) is 6.08 Å². The van der Waals surface area contributed by atoms with Gasteiger partial charge in [0.15, 0.2) is 11.5 Å². The molecule has 5 rings (SSSR count). The summed E-state index contributed by atoms with van der Waals surface area (Å²) < 4.78 is 6.29. The number of phenols is 1. The fourth-order valence-electron chi connectivity index (χ4n) is 6.10. The van der Waals surface area contributed by atoms with E-state index in [2.05, 4.69) is 13.6 Å². The fraction of sp³-hybridized carbons (Fsp3) is 0.550. The molecule has 2 aliphatic carbocycles. The van der Waals surface area contributed by atoms with E-state index in [4.69, 9.17) is 4.74 Å². The quantitative estimate of drug-likeness (QED) is 0.499. The lowest BCUT2D eigenvalue weighted by Crippen LogP contribution is -2.78. The Labute approximate surface area is 147 Å². The third kappa shape index (κ3) is 1.68. The minimum atomic E-state index is -0.931. The van der Waals surface area contributed by atoms with Crippen molar-refractivity contribution in [1.82, 2.24) is 0 Å². The van der Waals surface area contributed by atoms with E-state index < -0.39 is 11.0 Å². The SMILES string of the molecule is C=CC[N+]1(C)CC[C@]23CC(=O)CCC2(O)[C@H]1Cc1c3cc(O)c2c1O2. The maximum Gasteiger partial charge on any atom is 0.211 e. The second kappa shape index (κ2) is 4.46. The van der Waals surface area contributed by atoms with Gasteiger partial charge in [-0.1, -0.05) is 6.58 Å². The summed E-state index contributed by atoms with van der Waals surface area (Å²) >= 11 is 0. The Hall–Kier alpha value is -1.85. The van der Waals surface area contributed by atoms with Crippen molar-refractivity contribution in [3.63, 3.8) is 0 Å². The second-order valence-electron chi connectivity index (χ2n) is 8.55. The van der Waals surface area contributed by atoms with Crippen LogP contribution in [0.3, 0.4) is 0 Å². The summed E-state index contributed by atoms with van der Waals surface area (Å²) in [5.41, 5.74) is 0.500. The summed E-state index contributed by atoms with van der Waals surface area (Å²) in [6.45, 7) is 5.61. The van der Waals surface area contributed by atoms with Crippen molar-refractivity contribution in [3.05, 3.63) is 29.8 Å². The van der Waals surface area contributed by atoms with Crippen LogP contribution in [0.25, 0.3) is 0 Å². The van der Waals surface area contributed by atoms with Gasteiger partial charge in [-0.2, -0.15) is 0 Å². The number of likely N-dealkylation sites (tertiary alicyclic amines) is 1. The molecule has 1 saturated heterocycles. The van der Waals surface area contributed by atoms with Crippen molar-refractivity contribution in [2.24, 2.45) is 0 Å². The number of piperidine rings is 1. The Kier molecular flexibility index (Phi) is 2.75. The molecule has 0 aromatic heterocycles. The number of ketones is 1. The predicted molar refractivity (Wildman–Crippen MR) is 91.9 cm³/mol. The van der Waals surface area contributed by atoms with Crippen molar-refractivity contribution in [1.29, 1.82) is 0 Å². The first kappa shape index (κ1) is 15.4. The van der Waals surface area contributed by atoms with E-state index in [0.717, 1.165) is 40.9 Å². The van der Waals surface area contributed by atoms with Crippen LogP contribution in [0.5, 0.6) is 17.2 Å². The Morgan fingerprint density at radius 2 is 2.24 bits per heavy atom. The highest BCUT2D eigenvalue weighted by atomic mass is 16.6. The van der Waals surface area contributed by atoms with E-state index in [9.17, 15) is 15.0 Å². The zero-order valence-electron chi connectivity index (χ0n) is 14.5. The van der Waals surface area contributed by atoms with Gasteiger partial charge in [-0.05, 0) is 24.1 Å². The number of rotatable bonds is 2. The molecule has 0 spiro atoms. The molecule has 2 bridgehead atoms. The first-order valence-corrected chi connectivity index (χ1v) is 9.11. The lowest BCUT2D eigenvalue weighted by Gasteiger charge is -2.64. The van der Waals surface area contributed by atoms with Crippen LogP contribution in [0.4, 0.5) is 0 Å². The fourth-order valence-corrected chi connectivity index (χ4v) is 6.10. The van der Waals surface area contributed by atoms with Gasteiger partial charge in [-0.3, -0.25) is 4.79 Å². The largest absolute Gasteiger partial charge is 0.504 e. The summed E-state index contributed by atoms with van der Waals surface area (Å²) in [6.07, 6.45) is 4.68. The molecule has 1 saturated carbocycles. The molecule has 4 atom stereocenters. The number of carbonyl (C=O) groups is 1. The highest BCUT2D eigenvalue weighted by molar-refractivity contribution is 5.83. The maximum absolute atomic E-state index is 12.4. The van der Waals surface area contributed by atoms with Crippen LogP contribution in [-0.4, -0.2) is 52.3 Å². The monoisotopic (exact) mass is 342 g/mol. The molecule has 2 unspecified atom stereocenters. The number of hydrogen-bond donors (Lipinski definition) is 2. The van der Waals surface area contributed by atoms with Crippen LogP contribution < -0.4 is 4.74 Å². The first-order chi connectivity index (χ1) is 11.8. The Bertz CT molecular complexity index is 833. The van der Waals surface area contributed by atoms with Gasteiger partial charge in [-0.25, -0.2) is 0 Å². The standard InChI is InChI=1S/C20H23NO4/c1-3-7-21(2)8-6-19-11-12(22)4-5-20(19,24)16(21)9-13-14(19)10-15(23)18-17(13)25-18/h3,10,16,24H,1,4-9,11H2,2H3/p+1/t16-,19-,20?,21?/m1/s1. The van der Waals surface area contributed by atoms with Gasteiger partial charge in [0.05, 0.1) is 20.1 Å². The third-order valence-corrected chi connectivity index (χ3v) is 7.41. The van der Waals surface area contributed by atoms with E-state index in [1.165, 1.54) is 0 Å². The van der Waals surface area contributed by atoms with Crippen LogP contribution >= 0.6 is 0 Å². The number of aromatic hydroxyl groups is 1. The molecular weight excluding hydrogens is 318 g/mol. The van der Waals surface area contributed by atoms with Gasteiger partial charge in [0, 0.05) is 36.7 Å². The average molecular weight is 342 g/mol. The number of hydrogen-bond acceptors (Lipinski definition) is 4. The normalized spacial score (nSPS) is 40.4. The molecule has 2 heterocycles. The zero-order valence-corrected chi connectivity index (χ0v) is 14.5. The predicted octanol–water partition coefficient (Wildman–Crippen LogP) is 2.18. The first-order valence-electron chi connectivity index (χ1n) is 9.11. The second-order valence-corrected chi connectivity index (χ2v) is 8.55. The number of likely N-dealkylation sites (N-methyl/N-ethyl adjacent to an activating group) is 1. The van der Waals surface area contributed by atoms with Crippen molar-refractivity contribution < 1.29 is 24.2 Å². The average Bonchev–Trinajstić information content (AvgIpc) is 3.35. The summed E-state index contributed by atoms with van der Waals surface area (Å²) in [5.74, 6) is 1.68. The van der Waals surface area contributed by atoms with Crippen LogP contribution in [0.15, 0.2) is 18.7 Å². The van der Waals surface area contributed by atoms with E-state index in [0.29, 0.717) is 31.4 Å². The number of Topliss-reactive ketones (excluding diaryl/α,β-unsaturated/α-hetero) is 1. The van der Waals surface area contributed by atoms with Gasteiger partial charge in [0.2, 0.25) is 5.75 Å². The van der Waals surface area contributed by atoms with Crippen molar-refractivity contribution in [2.75, 3.05) is 20.1 Å². The summed E-state index contributed by atoms with van der Waals surface area (Å²) in [4.78, 5) is 12.4. The lowest BCUT2D eigenvalue weighted by atomic mass is 9.49. The molecule has 4 aliphatic rings. The molecule has 0 amide bonds. The molecule has 2 aliphatic heterocycles. The van der Waals surface area contributed by atoms with E-state index in [1.54, 1.807) is 6.07 Å². The highest BCUT2D eigenvalue weighted by Crippen LogP contribution is 2.65.